The third-order valence-electron chi connectivity index (χ3n) is 3.12. The Morgan fingerprint density at radius 3 is 2.88 bits per heavy atom. The van der Waals surface area contributed by atoms with Crippen LogP contribution in [0.2, 0.25) is 0 Å². The number of aliphatic carboxylic acids is 1. The fourth-order valence-corrected chi connectivity index (χ4v) is 3.45. The van der Waals surface area contributed by atoms with Gasteiger partial charge < -0.3 is 21.3 Å². The Morgan fingerprint density at radius 2 is 2.41 bits per heavy atom. The monoisotopic (exact) mass is 271 g/mol. The minimum Gasteiger partial charge on any atom is -1.00 e. The van der Waals surface area contributed by atoms with Crippen molar-refractivity contribution in [3.05, 3.63) is 0 Å². The first kappa shape index (κ1) is 15.3. The number of thioether (sulfide) groups is 1. The third-order valence-corrected chi connectivity index (χ3v) is 4.61. The zero-order valence-electron chi connectivity index (χ0n) is 10.8. The summed E-state index contributed by atoms with van der Waals surface area (Å²) in [5, 5.41) is 19.0. The first-order chi connectivity index (χ1) is 7.51. The molecular weight excluding hydrogens is 257 g/mol. The summed E-state index contributed by atoms with van der Waals surface area (Å²) < 4.78 is 4.72. The van der Waals surface area contributed by atoms with Gasteiger partial charge in [0.2, 0.25) is 5.91 Å². The maximum Gasteiger partial charge on any atom is 1.00 e. The van der Waals surface area contributed by atoms with Gasteiger partial charge >= 0.3 is 35.5 Å². The molecule has 2 fully saturated rings. The topological polar surface area (TPSA) is 87.1 Å². The molecular formula is C9H14NNaO5S. The number of aliphatic hydroxyl groups excluding tert-OH is 1. The molecule has 2 heterocycles. The fourth-order valence-electron chi connectivity index (χ4n) is 1.97. The fraction of sp³-hybridized carbons (Fsp3) is 0.778. The SMILES string of the molecule is COC(O)C1(C(=O)O)CS[C@@H]2CC(=O)N2C1.[H-].[Na+]. The Morgan fingerprint density at radius 1 is 1.76 bits per heavy atom. The first-order valence-electron chi connectivity index (χ1n) is 4.86. The Hall–Kier alpha value is 0.210. The number of carboxylic acids is 1. The first-order valence-corrected chi connectivity index (χ1v) is 5.91. The average molecular weight is 271 g/mol. The van der Waals surface area contributed by atoms with Gasteiger partial charge in [0.25, 0.3) is 0 Å². The van der Waals surface area contributed by atoms with Crippen LogP contribution in [0, 0.1) is 5.41 Å². The van der Waals surface area contributed by atoms with Crippen LogP contribution >= 0.6 is 11.8 Å². The van der Waals surface area contributed by atoms with Crippen LogP contribution in [0.4, 0.5) is 0 Å². The normalized spacial score (nSPS) is 33.2. The van der Waals surface area contributed by atoms with Crippen LogP contribution in [0.5, 0.6) is 0 Å². The molecule has 3 atom stereocenters. The van der Waals surface area contributed by atoms with Crippen molar-refractivity contribution in [2.24, 2.45) is 5.41 Å². The van der Waals surface area contributed by atoms with Crippen molar-refractivity contribution in [1.29, 1.82) is 0 Å². The van der Waals surface area contributed by atoms with Gasteiger partial charge in [0.1, 0.15) is 5.41 Å². The molecule has 6 nitrogen and oxygen atoms in total. The van der Waals surface area contributed by atoms with E-state index in [0.29, 0.717) is 6.42 Å². The molecule has 0 saturated carbocycles. The molecule has 2 saturated heterocycles. The number of aliphatic hydroxyl groups is 1. The van der Waals surface area contributed by atoms with E-state index in [4.69, 9.17) is 4.74 Å². The van der Waals surface area contributed by atoms with E-state index < -0.39 is 17.7 Å². The zero-order chi connectivity index (χ0) is 11.9. The standard InChI is InChI=1S/C9H13NO5S.Na.H/c1-15-8(14)9(7(12)13)3-10-5(11)2-6(10)16-4-9;;/h6,8,14H,2-4H2,1H3,(H,12,13);;/q;+1;-1/t6-,8?,9?;;/m1../s1. The van der Waals surface area contributed by atoms with E-state index in [1.807, 2.05) is 0 Å². The van der Waals surface area contributed by atoms with Gasteiger partial charge in [-0.25, -0.2) is 0 Å². The summed E-state index contributed by atoms with van der Waals surface area (Å²) in [6, 6.07) is 0. The smallest absolute Gasteiger partial charge is 1.00 e. The summed E-state index contributed by atoms with van der Waals surface area (Å²) in [6.45, 7) is 0.0217. The molecule has 2 unspecified atom stereocenters. The summed E-state index contributed by atoms with van der Waals surface area (Å²) in [5.74, 6) is -0.940. The number of nitrogens with zero attached hydrogens (tertiary/aromatic N) is 1. The van der Waals surface area contributed by atoms with Crippen LogP contribution in [-0.2, 0) is 14.3 Å². The van der Waals surface area contributed by atoms with Crippen molar-refractivity contribution in [1.82, 2.24) is 4.90 Å². The number of amides is 1. The van der Waals surface area contributed by atoms with E-state index >= 15 is 0 Å². The van der Waals surface area contributed by atoms with E-state index in [1.165, 1.54) is 23.8 Å². The van der Waals surface area contributed by atoms with Crippen molar-refractivity contribution in [3.8, 4) is 0 Å². The molecule has 2 aliphatic rings. The number of methoxy groups -OCH3 is 1. The van der Waals surface area contributed by atoms with E-state index in [-0.39, 0.29) is 54.6 Å². The second kappa shape index (κ2) is 5.46. The quantitative estimate of drug-likeness (QED) is 0.314. The molecule has 0 aromatic heterocycles. The molecule has 0 aliphatic carbocycles. The largest absolute Gasteiger partial charge is 1.00 e. The summed E-state index contributed by atoms with van der Waals surface area (Å²) in [4.78, 5) is 24.0. The molecule has 2 rings (SSSR count). The summed E-state index contributed by atoms with van der Waals surface area (Å²) in [7, 11) is 1.25. The Kier molecular flexibility index (Phi) is 4.90. The number of fused-ring (bicyclic) bond motifs is 1. The van der Waals surface area contributed by atoms with Gasteiger partial charge in [0.15, 0.2) is 6.29 Å². The van der Waals surface area contributed by atoms with Crippen molar-refractivity contribution >= 4 is 23.6 Å². The second-order valence-electron chi connectivity index (χ2n) is 4.04. The molecule has 0 aromatic carbocycles. The van der Waals surface area contributed by atoms with Gasteiger partial charge in [0, 0.05) is 19.4 Å². The van der Waals surface area contributed by atoms with Crippen LogP contribution in [0.3, 0.4) is 0 Å². The van der Waals surface area contributed by atoms with Gasteiger partial charge in [-0.3, -0.25) is 9.59 Å². The number of rotatable bonds is 3. The van der Waals surface area contributed by atoms with E-state index in [1.54, 1.807) is 0 Å². The van der Waals surface area contributed by atoms with E-state index in [9.17, 15) is 19.8 Å². The van der Waals surface area contributed by atoms with Crippen molar-refractivity contribution in [2.75, 3.05) is 19.4 Å². The van der Waals surface area contributed by atoms with Crippen molar-refractivity contribution < 1.29 is 55.5 Å². The van der Waals surface area contributed by atoms with Gasteiger partial charge in [-0.05, 0) is 0 Å². The number of β-lactam (4-membered cyclic amide) rings is 1. The van der Waals surface area contributed by atoms with E-state index in [0.717, 1.165) is 0 Å². The van der Waals surface area contributed by atoms with Gasteiger partial charge in [0.05, 0.1) is 11.8 Å². The van der Waals surface area contributed by atoms with Crippen molar-refractivity contribution in [3.63, 3.8) is 0 Å². The number of ether oxygens (including phenoxy) is 1. The number of carboxylic acid groups (broad SMARTS) is 1. The summed E-state index contributed by atoms with van der Waals surface area (Å²) >= 11 is 1.38. The Bertz CT molecular complexity index is 347. The van der Waals surface area contributed by atoms with Gasteiger partial charge in [-0.15, -0.1) is 11.8 Å². The Labute approximate surface area is 126 Å². The molecule has 8 heteroatoms. The maximum absolute atomic E-state index is 11.3. The predicted octanol–water partition coefficient (Wildman–Crippen LogP) is -3.56. The summed E-state index contributed by atoms with van der Waals surface area (Å²) in [5.41, 5.74) is -1.41. The van der Waals surface area contributed by atoms with Crippen LogP contribution in [0.1, 0.15) is 7.85 Å². The third kappa shape index (κ3) is 2.36. The molecule has 2 aliphatic heterocycles. The number of carbonyl (C=O) groups is 2. The maximum atomic E-state index is 11.3. The van der Waals surface area contributed by atoms with Crippen LogP contribution in [0.15, 0.2) is 0 Å². The molecule has 2 N–H and O–H groups in total. The van der Waals surface area contributed by atoms with Crippen LogP contribution < -0.4 is 29.6 Å². The average Bonchev–Trinajstić information content (AvgIpc) is 2.26. The van der Waals surface area contributed by atoms with Gasteiger partial charge in [-0.2, -0.15) is 0 Å². The number of hydrogen-bond acceptors (Lipinski definition) is 5. The molecule has 92 valence electrons. The number of carbonyl (C=O) groups excluding carboxylic acids is 1. The molecule has 1 amide bonds. The zero-order valence-corrected chi connectivity index (χ0v) is 12.6. The molecule has 0 aromatic rings. The minimum absolute atomic E-state index is 0. The predicted molar refractivity (Wildman–Crippen MR) is 56.8 cm³/mol. The second-order valence-corrected chi connectivity index (χ2v) is 5.21. The molecule has 0 spiro atoms. The van der Waals surface area contributed by atoms with Crippen LogP contribution in [0.25, 0.3) is 0 Å². The summed E-state index contributed by atoms with van der Waals surface area (Å²) in [6.07, 6.45) is -0.935. The van der Waals surface area contributed by atoms with Gasteiger partial charge in [-0.1, -0.05) is 0 Å². The minimum atomic E-state index is -1.41. The number of hydrogen-bond donors (Lipinski definition) is 2. The van der Waals surface area contributed by atoms with Crippen LogP contribution in [-0.4, -0.2) is 58.1 Å². The Balaban J connectivity index is 0.00000144. The molecule has 0 radical (unpaired) electrons. The molecule has 0 bridgehead atoms. The van der Waals surface area contributed by atoms with Crippen molar-refractivity contribution in [2.45, 2.75) is 18.1 Å². The molecule has 17 heavy (non-hydrogen) atoms. The van der Waals surface area contributed by atoms with E-state index in [2.05, 4.69) is 0 Å².